The largest absolute Gasteiger partial charge is 0.343 e. The molecule has 2 N–H and O–H groups in total. The molecule has 34 heavy (non-hydrogen) atoms. The Kier molecular flexibility index (Phi) is 7.24. The van der Waals surface area contributed by atoms with E-state index in [2.05, 4.69) is 53.1 Å². The summed E-state index contributed by atoms with van der Waals surface area (Å²) in [7, 11) is 1.75. The van der Waals surface area contributed by atoms with Crippen molar-refractivity contribution in [2.75, 3.05) is 11.9 Å². The number of halogens is 1. The second-order valence-corrected chi connectivity index (χ2v) is 9.29. The minimum absolute atomic E-state index is 0. The first-order valence-corrected chi connectivity index (χ1v) is 11.9. The summed E-state index contributed by atoms with van der Waals surface area (Å²) < 4.78 is 0. The molecule has 1 heterocycles. The van der Waals surface area contributed by atoms with Crippen molar-refractivity contribution >= 4 is 40.7 Å². The van der Waals surface area contributed by atoms with Crippen molar-refractivity contribution in [2.24, 2.45) is 0 Å². The maximum Gasteiger partial charge on any atom is 0.249 e. The van der Waals surface area contributed by atoms with Crippen LogP contribution in [0.15, 0.2) is 60.7 Å². The number of amides is 2. The van der Waals surface area contributed by atoms with E-state index in [1.54, 1.807) is 14.0 Å². The van der Waals surface area contributed by atoms with Crippen molar-refractivity contribution in [3.05, 3.63) is 77.4 Å². The van der Waals surface area contributed by atoms with Crippen LogP contribution in [-0.2, 0) is 22.6 Å². The molecule has 2 amide bonds. The molecule has 5 rings (SSSR count). The van der Waals surface area contributed by atoms with Gasteiger partial charge in [0.15, 0.2) is 0 Å². The van der Waals surface area contributed by atoms with Crippen LogP contribution < -0.4 is 15.5 Å². The predicted molar refractivity (Wildman–Crippen MR) is 140 cm³/mol. The third-order valence-electron chi connectivity index (χ3n) is 7.10. The molecule has 178 valence electrons. The Hall–Kier alpha value is -2.89. The molecule has 1 fully saturated rings. The quantitative estimate of drug-likeness (QED) is 0.540. The van der Waals surface area contributed by atoms with E-state index in [1.807, 2.05) is 23.1 Å². The molecule has 1 aliphatic heterocycles. The van der Waals surface area contributed by atoms with Gasteiger partial charge in [-0.1, -0.05) is 54.6 Å². The summed E-state index contributed by atoms with van der Waals surface area (Å²) in [6.07, 6.45) is 3.76. The molecule has 0 aromatic heterocycles. The fourth-order valence-electron chi connectivity index (χ4n) is 4.90. The van der Waals surface area contributed by atoms with Gasteiger partial charge in [-0.2, -0.15) is 0 Å². The van der Waals surface area contributed by atoms with E-state index < -0.39 is 6.04 Å². The molecule has 2 aliphatic rings. The molecule has 0 radical (unpaired) electrons. The van der Waals surface area contributed by atoms with E-state index in [0.717, 1.165) is 17.7 Å². The van der Waals surface area contributed by atoms with Crippen LogP contribution >= 0.6 is 12.4 Å². The average Bonchev–Trinajstić information content (AvgIpc) is 3.70. The third-order valence-corrected chi connectivity index (χ3v) is 7.10. The first kappa shape index (κ1) is 24.2. The van der Waals surface area contributed by atoms with Gasteiger partial charge in [-0.15, -0.1) is 12.4 Å². The molecule has 1 saturated carbocycles. The van der Waals surface area contributed by atoms with Crippen LogP contribution in [0.25, 0.3) is 10.8 Å². The molecular weight excluding hydrogens is 446 g/mol. The van der Waals surface area contributed by atoms with Gasteiger partial charge in [0.2, 0.25) is 11.8 Å². The maximum atomic E-state index is 13.9. The fourth-order valence-corrected chi connectivity index (χ4v) is 4.90. The van der Waals surface area contributed by atoms with E-state index in [4.69, 9.17) is 0 Å². The Balaban J connectivity index is 0.00000274. The van der Waals surface area contributed by atoms with Crippen molar-refractivity contribution in [2.45, 2.75) is 57.2 Å². The van der Waals surface area contributed by atoms with Crippen molar-refractivity contribution in [3.63, 3.8) is 0 Å². The molecule has 0 spiro atoms. The number of carbonyl (C=O) groups excluding carboxylic acids is 2. The number of para-hydroxylation sites is 1. The maximum absolute atomic E-state index is 13.9. The fraction of sp³-hybridized carbons (Fsp3) is 0.357. The lowest BCUT2D eigenvalue weighted by Gasteiger charge is -2.28. The number of hydrogen-bond donors (Lipinski definition) is 2. The van der Waals surface area contributed by atoms with E-state index in [1.165, 1.54) is 34.7 Å². The number of carbonyl (C=O) groups is 2. The topological polar surface area (TPSA) is 61.4 Å². The normalized spacial score (nSPS) is 18.6. The number of rotatable bonds is 6. The highest BCUT2D eigenvalue weighted by molar-refractivity contribution is 6.01. The van der Waals surface area contributed by atoms with Gasteiger partial charge in [-0.05, 0) is 79.1 Å². The minimum Gasteiger partial charge on any atom is -0.343 e. The van der Waals surface area contributed by atoms with Crippen LogP contribution in [0.1, 0.15) is 48.8 Å². The van der Waals surface area contributed by atoms with Gasteiger partial charge < -0.3 is 15.5 Å². The lowest BCUT2D eigenvalue weighted by molar-refractivity contribution is -0.128. The zero-order valence-electron chi connectivity index (χ0n) is 19.7. The van der Waals surface area contributed by atoms with Crippen LogP contribution in [0.2, 0.25) is 0 Å². The smallest absolute Gasteiger partial charge is 0.249 e. The van der Waals surface area contributed by atoms with Crippen molar-refractivity contribution < 1.29 is 9.59 Å². The molecule has 0 saturated heterocycles. The number of fused-ring (bicyclic) bond motifs is 2. The van der Waals surface area contributed by atoms with Crippen molar-refractivity contribution in [1.29, 1.82) is 0 Å². The standard InChI is InChI=1S/C28H31N3O2.ClH/c1-18(29-2)27(32)30-25-16-14-21-8-4-6-10-26(21)31(28(25)33)17-24-22-9-5-3-7-19(22)13-15-23(24)20-11-12-20;/h3-10,13,15,18,20,25,29H,11-12,14,16-17H2,1-2H3,(H,30,32);1H. The molecule has 3 aromatic rings. The van der Waals surface area contributed by atoms with Crippen LogP contribution in [-0.4, -0.2) is 30.9 Å². The SMILES string of the molecule is CNC(C)C(=O)NC1CCc2ccccc2N(Cc2c(C3CC3)ccc3ccccc23)C1=O.Cl. The van der Waals surface area contributed by atoms with Gasteiger partial charge in [0.05, 0.1) is 12.6 Å². The molecule has 0 bridgehead atoms. The number of nitrogens with zero attached hydrogens (tertiary/aromatic N) is 1. The van der Waals surface area contributed by atoms with Gasteiger partial charge in [0, 0.05) is 5.69 Å². The number of aryl methyl sites for hydroxylation is 1. The minimum atomic E-state index is -0.542. The molecule has 1 aliphatic carbocycles. The van der Waals surface area contributed by atoms with Crippen LogP contribution in [0.3, 0.4) is 0 Å². The van der Waals surface area contributed by atoms with E-state index in [9.17, 15) is 9.59 Å². The summed E-state index contributed by atoms with van der Waals surface area (Å²) >= 11 is 0. The second kappa shape index (κ2) is 10.2. The molecule has 2 atom stereocenters. The van der Waals surface area contributed by atoms with Gasteiger partial charge in [0.1, 0.15) is 6.04 Å². The Bertz CT molecular complexity index is 1210. The summed E-state index contributed by atoms with van der Waals surface area (Å²) in [5, 5.41) is 8.37. The molecular formula is C28H32ClN3O2. The highest BCUT2D eigenvalue weighted by Crippen LogP contribution is 2.44. The average molecular weight is 478 g/mol. The van der Waals surface area contributed by atoms with Crippen LogP contribution in [0.4, 0.5) is 5.69 Å². The number of likely N-dealkylation sites (N-methyl/N-ethyl adjacent to an activating group) is 1. The summed E-state index contributed by atoms with van der Waals surface area (Å²) in [6, 6.07) is 20.1. The Morgan fingerprint density at radius 2 is 1.76 bits per heavy atom. The Morgan fingerprint density at radius 3 is 2.53 bits per heavy atom. The lowest BCUT2D eigenvalue weighted by atomic mass is 9.95. The van der Waals surface area contributed by atoms with Crippen LogP contribution in [0, 0.1) is 0 Å². The summed E-state index contributed by atoms with van der Waals surface area (Å²) in [4.78, 5) is 28.4. The van der Waals surface area contributed by atoms with Crippen molar-refractivity contribution in [3.8, 4) is 0 Å². The van der Waals surface area contributed by atoms with Crippen LogP contribution in [0.5, 0.6) is 0 Å². The number of hydrogen-bond acceptors (Lipinski definition) is 3. The number of benzene rings is 3. The second-order valence-electron chi connectivity index (χ2n) is 9.29. The van der Waals surface area contributed by atoms with E-state index >= 15 is 0 Å². The molecule has 6 heteroatoms. The van der Waals surface area contributed by atoms with Gasteiger partial charge in [0.25, 0.3) is 0 Å². The van der Waals surface area contributed by atoms with Gasteiger partial charge in [-0.3, -0.25) is 9.59 Å². The molecule has 5 nitrogen and oxygen atoms in total. The zero-order valence-corrected chi connectivity index (χ0v) is 20.5. The Morgan fingerprint density at radius 1 is 1.03 bits per heavy atom. The van der Waals surface area contributed by atoms with Gasteiger partial charge in [-0.25, -0.2) is 0 Å². The summed E-state index contributed by atoms with van der Waals surface area (Å²) in [6.45, 7) is 2.32. The van der Waals surface area contributed by atoms with E-state index in [0.29, 0.717) is 18.9 Å². The summed E-state index contributed by atoms with van der Waals surface area (Å²) in [5.41, 5.74) is 4.69. The third kappa shape index (κ3) is 4.68. The number of nitrogens with one attached hydrogen (secondary N) is 2. The predicted octanol–water partition coefficient (Wildman–Crippen LogP) is 4.71. The first-order valence-electron chi connectivity index (χ1n) is 11.9. The highest BCUT2D eigenvalue weighted by atomic mass is 35.5. The highest BCUT2D eigenvalue weighted by Gasteiger charge is 2.34. The van der Waals surface area contributed by atoms with E-state index in [-0.39, 0.29) is 30.3 Å². The zero-order chi connectivity index (χ0) is 22.9. The van der Waals surface area contributed by atoms with Crippen molar-refractivity contribution in [1.82, 2.24) is 10.6 Å². The number of anilines is 1. The monoisotopic (exact) mass is 477 g/mol. The first-order chi connectivity index (χ1) is 16.1. The lowest BCUT2D eigenvalue weighted by Crippen LogP contribution is -2.52. The summed E-state index contributed by atoms with van der Waals surface area (Å²) in [5.74, 6) is 0.394. The Labute approximate surface area is 207 Å². The van der Waals surface area contributed by atoms with Gasteiger partial charge >= 0.3 is 0 Å². The molecule has 3 aromatic carbocycles. The molecule has 2 unspecified atom stereocenters.